The van der Waals surface area contributed by atoms with Gasteiger partial charge < -0.3 is 8.83 Å². The summed E-state index contributed by atoms with van der Waals surface area (Å²) in [6.45, 7) is 0. The van der Waals surface area contributed by atoms with Crippen molar-refractivity contribution in [3.8, 4) is 90.5 Å². The van der Waals surface area contributed by atoms with Crippen molar-refractivity contribution in [2.75, 3.05) is 0 Å². The molecule has 0 fully saturated rings. The van der Waals surface area contributed by atoms with Crippen LogP contribution in [-0.4, -0.2) is 19.9 Å². The van der Waals surface area contributed by atoms with Crippen LogP contribution in [-0.2, 0) is 0 Å². The minimum absolute atomic E-state index is 0.0236. The van der Waals surface area contributed by atoms with Crippen LogP contribution in [0.3, 0.4) is 0 Å². The number of hydrogen-bond acceptors (Lipinski definition) is 6. The first kappa shape index (κ1) is 42.0. The number of rotatable bonds is 8. The highest BCUT2D eigenvalue weighted by molar-refractivity contribution is 5.90. The number of furan rings is 2. The van der Waals surface area contributed by atoms with E-state index in [4.69, 9.17) is 28.8 Å². The second kappa shape index (κ2) is 16.9. The number of hydrogen-bond donors (Lipinski definition) is 0. The Labute approximate surface area is 427 Å². The van der Waals surface area contributed by atoms with Crippen LogP contribution in [0.2, 0.25) is 0 Å². The summed E-state index contributed by atoms with van der Waals surface area (Å²) in [5.74, 6) is 2.98. The van der Waals surface area contributed by atoms with Gasteiger partial charge in [-0.05, 0) is 81.9 Å². The van der Waals surface area contributed by atoms with Crippen molar-refractivity contribution < 1.29 is 8.83 Å². The smallest absolute Gasteiger partial charge is 0.160 e. The molecule has 0 saturated heterocycles. The molecule has 0 aliphatic heterocycles. The Morgan fingerprint density at radius 3 is 1.07 bits per heavy atom. The normalized spacial score (nSPS) is 14.2. The average Bonchev–Trinajstić information content (AvgIpc) is 4.16. The first-order chi connectivity index (χ1) is 36.6. The molecule has 6 heteroatoms. The Hall–Kier alpha value is -9.78. The standard InChI is InChI=1S/C68H42N4O2/c1-3-17-41(18-4-1)67-69-57(39-59(71-67)47-23-9-11-25-49(47)63-37-45-21-7-15-29-61(45)73-63)43-31-33-53-55(35-43)65-51-27-13-14-28-52(51)66(53)56-36-44(32-34-54(56)65)58-40-60(72-68(70-58)42-19-5-2-6-20-42)48-24-10-12-26-50(48)64-38-46-22-8-16-30-62(46)74-64/h1-40,65-66H. The average molecular weight is 947 g/mol. The lowest BCUT2D eigenvalue weighted by Gasteiger charge is -2.42. The lowest BCUT2D eigenvalue weighted by Crippen LogP contribution is -2.27. The zero-order chi connectivity index (χ0) is 48.7. The fraction of sp³-hybridized carbons (Fsp3) is 0.0294. The van der Waals surface area contributed by atoms with Crippen molar-refractivity contribution >= 4 is 21.9 Å². The van der Waals surface area contributed by atoms with Gasteiger partial charge in [-0.1, -0.05) is 194 Å². The molecular formula is C68H42N4O2. The van der Waals surface area contributed by atoms with Crippen molar-refractivity contribution in [3.05, 3.63) is 276 Å². The molecule has 2 unspecified atom stereocenters. The Morgan fingerprint density at radius 1 is 0.257 bits per heavy atom. The third-order valence-electron chi connectivity index (χ3n) is 14.9. The van der Waals surface area contributed by atoms with Crippen molar-refractivity contribution in [1.82, 2.24) is 19.9 Å². The molecule has 74 heavy (non-hydrogen) atoms. The lowest BCUT2D eigenvalue weighted by molar-refractivity contribution is 0.631. The second-order valence-electron chi connectivity index (χ2n) is 19.2. The van der Waals surface area contributed by atoms with Crippen LogP contribution < -0.4 is 0 Å². The minimum atomic E-state index is 0.0236. The Bertz CT molecular complexity index is 4000. The summed E-state index contributed by atoms with van der Waals surface area (Å²) < 4.78 is 12.9. The van der Waals surface area contributed by atoms with E-state index >= 15 is 0 Å². The van der Waals surface area contributed by atoms with Crippen molar-refractivity contribution in [3.63, 3.8) is 0 Å². The Kier molecular flexibility index (Phi) is 9.60. The second-order valence-corrected chi connectivity index (χ2v) is 19.2. The summed E-state index contributed by atoms with van der Waals surface area (Å²) in [5, 5.41) is 2.12. The van der Waals surface area contributed by atoms with E-state index in [9.17, 15) is 0 Å². The summed E-state index contributed by atoms with van der Waals surface area (Å²) in [4.78, 5) is 21.2. The van der Waals surface area contributed by atoms with E-state index < -0.39 is 0 Å². The highest BCUT2D eigenvalue weighted by Gasteiger charge is 2.41. The first-order valence-electron chi connectivity index (χ1n) is 25.1. The lowest BCUT2D eigenvalue weighted by atomic mass is 9.60. The van der Waals surface area contributed by atoms with Gasteiger partial charge in [0.1, 0.15) is 22.7 Å². The molecule has 6 nitrogen and oxygen atoms in total. The summed E-state index contributed by atoms with van der Waals surface area (Å²) in [6, 6.07) is 85.0. The van der Waals surface area contributed by atoms with E-state index in [1.165, 1.54) is 33.4 Å². The van der Waals surface area contributed by atoms with Gasteiger partial charge in [0.25, 0.3) is 0 Å². The quantitative estimate of drug-likeness (QED) is 0.151. The summed E-state index contributed by atoms with van der Waals surface area (Å²) in [6.07, 6.45) is 0. The third kappa shape index (κ3) is 6.95. The molecule has 4 aromatic heterocycles. The fourth-order valence-electron chi connectivity index (χ4n) is 11.5. The van der Waals surface area contributed by atoms with Crippen LogP contribution in [0.15, 0.2) is 251 Å². The topological polar surface area (TPSA) is 77.8 Å². The number of fused-ring (bicyclic) bond motifs is 2. The molecule has 3 aliphatic rings. The molecule has 0 spiro atoms. The fourth-order valence-corrected chi connectivity index (χ4v) is 11.5. The maximum Gasteiger partial charge on any atom is 0.160 e. The van der Waals surface area contributed by atoms with Crippen LogP contribution in [0.4, 0.5) is 0 Å². The van der Waals surface area contributed by atoms with Gasteiger partial charge in [0.05, 0.1) is 22.8 Å². The molecule has 2 atom stereocenters. The van der Waals surface area contributed by atoms with E-state index in [2.05, 4.69) is 170 Å². The molecule has 4 heterocycles. The molecule has 0 radical (unpaired) electrons. The van der Waals surface area contributed by atoms with E-state index in [0.29, 0.717) is 11.6 Å². The SMILES string of the molecule is c1ccc(-c2nc(-c3ccc4c(c3)C3c5ccccc5C4c4cc(-c5cc(-c6ccccc6-c6cc7ccccc7o6)nc(-c6ccccc6)n5)ccc43)cc(-c3ccccc3-c3cc4ccccc4o3)n2)cc1. The van der Waals surface area contributed by atoms with Gasteiger partial charge in [0.2, 0.25) is 0 Å². The van der Waals surface area contributed by atoms with Crippen LogP contribution in [0.25, 0.3) is 112 Å². The molecule has 2 bridgehead atoms. The van der Waals surface area contributed by atoms with Crippen LogP contribution in [0, 0.1) is 0 Å². The van der Waals surface area contributed by atoms with Crippen LogP contribution >= 0.6 is 0 Å². The highest BCUT2D eigenvalue weighted by atomic mass is 16.3. The third-order valence-corrected chi connectivity index (χ3v) is 14.9. The minimum Gasteiger partial charge on any atom is -0.456 e. The molecule has 16 rings (SSSR count). The largest absolute Gasteiger partial charge is 0.456 e. The molecule has 9 aromatic carbocycles. The van der Waals surface area contributed by atoms with Gasteiger partial charge in [-0.3, -0.25) is 0 Å². The van der Waals surface area contributed by atoms with Gasteiger partial charge in [-0.15, -0.1) is 0 Å². The molecule has 0 N–H and O–H groups in total. The molecule has 0 amide bonds. The Balaban J connectivity index is 0.854. The van der Waals surface area contributed by atoms with Crippen molar-refractivity contribution in [2.24, 2.45) is 0 Å². The monoisotopic (exact) mass is 946 g/mol. The van der Waals surface area contributed by atoms with Gasteiger partial charge >= 0.3 is 0 Å². The van der Waals surface area contributed by atoms with Crippen LogP contribution in [0.5, 0.6) is 0 Å². The van der Waals surface area contributed by atoms with Crippen molar-refractivity contribution in [2.45, 2.75) is 11.8 Å². The number of aromatic nitrogens is 4. The highest BCUT2D eigenvalue weighted by Crippen LogP contribution is 2.57. The molecular weight excluding hydrogens is 905 g/mol. The number of nitrogens with zero attached hydrogens (tertiary/aromatic N) is 4. The van der Waals surface area contributed by atoms with Gasteiger partial charge in [0.15, 0.2) is 11.6 Å². The maximum absolute atomic E-state index is 6.45. The van der Waals surface area contributed by atoms with Gasteiger partial charge in [-0.25, -0.2) is 19.9 Å². The van der Waals surface area contributed by atoms with Gasteiger partial charge in [-0.2, -0.15) is 0 Å². The van der Waals surface area contributed by atoms with E-state index in [-0.39, 0.29) is 11.8 Å². The number of benzene rings is 9. The summed E-state index contributed by atoms with van der Waals surface area (Å²) in [7, 11) is 0. The summed E-state index contributed by atoms with van der Waals surface area (Å²) >= 11 is 0. The van der Waals surface area contributed by atoms with E-state index in [1.807, 2.05) is 72.8 Å². The number of para-hydroxylation sites is 2. The zero-order valence-corrected chi connectivity index (χ0v) is 39.9. The maximum atomic E-state index is 6.45. The first-order valence-corrected chi connectivity index (χ1v) is 25.1. The molecule has 0 saturated carbocycles. The predicted octanol–water partition coefficient (Wildman–Crippen LogP) is 17.1. The van der Waals surface area contributed by atoms with Crippen LogP contribution in [0.1, 0.15) is 45.2 Å². The zero-order valence-electron chi connectivity index (χ0n) is 39.9. The van der Waals surface area contributed by atoms with E-state index in [0.717, 1.165) is 101 Å². The molecule has 3 aliphatic carbocycles. The van der Waals surface area contributed by atoms with Crippen molar-refractivity contribution in [1.29, 1.82) is 0 Å². The predicted molar refractivity (Wildman–Crippen MR) is 295 cm³/mol. The Morgan fingerprint density at radius 2 is 0.622 bits per heavy atom. The van der Waals surface area contributed by atoms with Gasteiger partial charge in [0, 0.05) is 67.1 Å². The summed E-state index contributed by atoms with van der Waals surface area (Å²) in [5.41, 5.74) is 20.9. The van der Waals surface area contributed by atoms with E-state index in [1.54, 1.807) is 0 Å². The molecule has 346 valence electrons. The molecule has 13 aromatic rings.